The summed E-state index contributed by atoms with van der Waals surface area (Å²) >= 11 is -2.79. The molecule has 0 bridgehead atoms. The Kier molecular flexibility index (Phi) is 7.44. The van der Waals surface area contributed by atoms with Crippen molar-refractivity contribution in [3.8, 4) is 11.1 Å². The van der Waals surface area contributed by atoms with Crippen molar-refractivity contribution in [2.24, 2.45) is 0 Å². The second-order valence-corrected chi connectivity index (χ2v) is 32.7. The molecule has 0 aliphatic heterocycles. The van der Waals surface area contributed by atoms with E-state index in [2.05, 4.69) is 155 Å². The maximum absolute atomic E-state index is 2.79. The molecule has 4 aromatic rings. The van der Waals surface area contributed by atoms with Gasteiger partial charge in [0.15, 0.2) is 0 Å². The number of hydrogen-bond acceptors (Lipinski definition) is 0. The molecule has 0 amide bonds. The van der Waals surface area contributed by atoms with Crippen molar-refractivity contribution in [3.63, 3.8) is 0 Å². The summed E-state index contributed by atoms with van der Waals surface area (Å²) in [6.45, 7) is 14.7. The molecule has 0 aromatic heterocycles. The monoisotopic (exact) mass is 720 g/mol. The zero-order valence-corrected chi connectivity index (χ0v) is 30.3. The summed E-state index contributed by atoms with van der Waals surface area (Å²) in [5, 5.41) is 3.07. The Morgan fingerprint density at radius 1 is 0.600 bits per heavy atom. The summed E-state index contributed by atoms with van der Waals surface area (Å²) in [6.07, 6.45) is 10.6. The van der Waals surface area contributed by atoms with Crippen molar-refractivity contribution in [1.29, 1.82) is 0 Å². The van der Waals surface area contributed by atoms with Gasteiger partial charge >= 0.3 is 252 Å². The summed E-state index contributed by atoms with van der Waals surface area (Å²) in [4.78, 5) is 0. The fraction of sp³-hybridized carbons (Fsp3) is 0.216. The Bertz CT molecular complexity index is 1590. The predicted molar refractivity (Wildman–Crippen MR) is 178 cm³/mol. The third-order valence-electron chi connectivity index (χ3n) is 8.57. The zero-order chi connectivity index (χ0) is 28.1. The van der Waals surface area contributed by atoms with Gasteiger partial charge in [-0.3, -0.25) is 0 Å². The first-order valence-electron chi connectivity index (χ1n) is 14.6. The van der Waals surface area contributed by atoms with Gasteiger partial charge in [0.25, 0.3) is 0 Å². The van der Waals surface area contributed by atoms with E-state index < -0.39 is 37.1 Å². The number of rotatable bonds is 6. The van der Waals surface area contributed by atoms with Crippen molar-refractivity contribution in [1.82, 2.24) is 0 Å². The molecule has 40 heavy (non-hydrogen) atoms. The minimum atomic E-state index is -2.79. The van der Waals surface area contributed by atoms with E-state index >= 15 is 0 Å². The first-order chi connectivity index (χ1) is 19.1. The van der Waals surface area contributed by atoms with Crippen LogP contribution in [0.2, 0.25) is 43.0 Å². The summed E-state index contributed by atoms with van der Waals surface area (Å²) in [5.41, 5.74) is 8.84. The van der Waals surface area contributed by atoms with Gasteiger partial charge in [0.1, 0.15) is 0 Å². The van der Waals surface area contributed by atoms with E-state index in [1.807, 2.05) is 0 Å². The molecule has 3 heteroatoms. The van der Waals surface area contributed by atoms with Gasteiger partial charge < -0.3 is 0 Å². The van der Waals surface area contributed by atoms with Crippen LogP contribution in [0.3, 0.4) is 0 Å². The molecule has 6 rings (SSSR count). The molecule has 0 heterocycles. The average Bonchev–Trinajstić information content (AvgIpc) is 3.59. The van der Waals surface area contributed by atoms with Crippen LogP contribution >= 0.6 is 0 Å². The van der Waals surface area contributed by atoms with Crippen LogP contribution in [0.15, 0.2) is 115 Å². The molecule has 0 nitrogen and oxygen atoms in total. The first kappa shape index (κ1) is 27.7. The molecule has 4 aromatic carbocycles. The van der Waals surface area contributed by atoms with Crippen LogP contribution in [0, 0.1) is 0 Å². The standard InChI is InChI=1S/C19H26Si2.C13H9.C5H5.Hf/c1-20(2,3)18-11-7-16(8-12-18)15-17-9-13-19(14-10-17)21(4,5)6;1-3-7-12-10(5-1)9-11-6-2-4-8-13(11)12;1-2-4-5-3-1;/h7-14H,1-6H3;1-5,7-8H,9H2;1-5H;. The predicted octanol–water partition coefficient (Wildman–Crippen LogP) is 7.78. The topological polar surface area (TPSA) is 0 Å². The molecule has 0 spiro atoms. The Labute approximate surface area is 250 Å². The van der Waals surface area contributed by atoms with Gasteiger partial charge in [-0.05, 0) is 0 Å². The fourth-order valence-electron chi connectivity index (χ4n) is 6.27. The van der Waals surface area contributed by atoms with E-state index in [1.54, 1.807) is 12.1 Å². The Hall–Kier alpha value is -2.47. The zero-order valence-electron chi connectivity index (χ0n) is 24.8. The third kappa shape index (κ3) is 5.29. The van der Waals surface area contributed by atoms with E-state index in [1.165, 1.54) is 38.2 Å². The first-order valence-corrected chi connectivity index (χ1v) is 27.3. The average molecular weight is 719 g/mol. The van der Waals surface area contributed by atoms with Crippen LogP contribution in [0.25, 0.3) is 11.1 Å². The van der Waals surface area contributed by atoms with Crippen molar-refractivity contribution >= 4 is 33.1 Å². The molecular weight excluding hydrogens is 679 g/mol. The van der Waals surface area contributed by atoms with Crippen LogP contribution < -0.4 is 13.7 Å². The maximum atomic E-state index is 2.50. The van der Waals surface area contributed by atoms with Crippen molar-refractivity contribution in [3.05, 3.63) is 138 Å². The van der Waals surface area contributed by atoms with Gasteiger partial charge in [-0.1, -0.05) is 0 Å². The summed E-state index contributed by atoms with van der Waals surface area (Å²) in [7, 11) is -2.75. The van der Waals surface area contributed by atoms with Gasteiger partial charge in [-0.15, -0.1) is 0 Å². The van der Waals surface area contributed by atoms with Crippen LogP contribution in [0.4, 0.5) is 0 Å². The van der Waals surface area contributed by atoms with Crippen LogP contribution in [-0.4, -0.2) is 19.4 Å². The molecule has 0 radical (unpaired) electrons. The molecule has 2 aliphatic rings. The summed E-state index contributed by atoms with van der Waals surface area (Å²) in [5.74, 6) is 0. The van der Waals surface area contributed by atoms with Crippen molar-refractivity contribution in [2.45, 2.75) is 49.4 Å². The number of allylic oxidation sites excluding steroid dienone is 4. The molecule has 0 unspecified atom stereocenters. The van der Waals surface area contributed by atoms with E-state index in [9.17, 15) is 0 Å². The van der Waals surface area contributed by atoms with Crippen molar-refractivity contribution < 1.29 is 21.0 Å². The SMILES string of the molecule is C[Si](C)(C)c1ccc([C](c2ccc([Si](C)(C)C)cc2)=[Hf]([c]2cccc3c2Cc2ccccc2-3)[CH]2C=CC=C2)cc1. The van der Waals surface area contributed by atoms with Crippen LogP contribution in [-0.2, 0) is 27.4 Å². The van der Waals surface area contributed by atoms with Gasteiger partial charge in [0.2, 0.25) is 0 Å². The van der Waals surface area contributed by atoms with Crippen LogP contribution in [0.5, 0.6) is 0 Å². The van der Waals surface area contributed by atoms with E-state index in [0.29, 0.717) is 3.67 Å². The Morgan fingerprint density at radius 3 is 1.68 bits per heavy atom. The number of benzene rings is 4. The van der Waals surface area contributed by atoms with Crippen molar-refractivity contribution in [2.75, 3.05) is 0 Å². The van der Waals surface area contributed by atoms with Gasteiger partial charge in [0.05, 0.1) is 0 Å². The molecule has 200 valence electrons. The summed E-state index contributed by atoms with van der Waals surface area (Å²) in [6, 6.07) is 35.8. The molecule has 0 N–H and O–H groups in total. The van der Waals surface area contributed by atoms with E-state index in [-0.39, 0.29) is 0 Å². The molecule has 0 atom stereocenters. The molecule has 0 saturated heterocycles. The minimum absolute atomic E-state index is 0.531. The molecular formula is C37H40HfSi2. The molecule has 0 saturated carbocycles. The second kappa shape index (κ2) is 10.7. The number of fused-ring (bicyclic) bond motifs is 3. The Balaban J connectivity index is 1.63. The Morgan fingerprint density at radius 2 is 1.12 bits per heavy atom. The fourth-order valence-corrected chi connectivity index (χ4v) is 20.6. The molecule has 2 aliphatic carbocycles. The van der Waals surface area contributed by atoms with Gasteiger partial charge in [0, 0.05) is 0 Å². The summed E-state index contributed by atoms with van der Waals surface area (Å²) < 4.78 is 3.86. The third-order valence-corrected chi connectivity index (χ3v) is 24.3. The van der Waals surface area contributed by atoms with Crippen LogP contribution in [0.1, 0.15) is 22.3 Å². The second-order valence-electron chi connectivity index (χ2n) is 13.4. The van der Waals surface area contributed by atoms with Gasteiger partial charge in [-0.25, -0.2) is 0 Å². The molecule has 0 fully saturated rings. The normalized spacial score (nSPS) is 14.3. The van der Waals surface area contributed by atoms with E-state index in [4.69, 9.17) is 0 Å². The van der Waals surface area contributed by atoms with E-state index in [0.717, 1.165) is 6.42 Å². The number of hydrogen-bond donors (Lipinski definition) is 0. The quantitative estimate of drug-likeness (QED) is 0.158. The van der Waals surface area contributed by atoms with Gasteiger partial charge in [-0.2, -0.15) is 0 Å².